The number of Topliss-reactive ketones (excluding diaryl/α,β-unsaturated/α-hetero) is 1. The first-order chi connectivity index (χ1) is 12.1. The molecule has 4 nitrogen and oxygen atoms in total. The van der Waals surface area contributed by atoms with Crippen LogP contribution in [-0.2, 0) is 17.8 Å². The van der Waals surface area contributed by atoms with Gasteiger partial charge in [-0.1, -0.05) is 12.1 Å². The molecule has 0 saturated carbocycles. The van der Waals surface area contributed by atoms with Crippen molar-refractivity contribution in [1.82, 2.24) is 4.90 Å². The van der Waals surface area contributed by atoms with Gasteiger partial charge in [-0.25, -0.2) is 0 Å². The molecule has 0 N–H and O–H groups in total. The number of thiophene rings is 1. The van der Waals surface area contributed by atoms with Crippen LogP contribution in [0.5, 0.6) is 5.75 Å². The maximum atomic E-state index is 12.8. The summed E-state index contributed by atoms with van der Waals surface area (Å²) in [6.07, 6.45) is 1.96. The van der Waals surface area contributed by atoms with Gasteiger partial charge in [0.05, 0.1) is 11.0 Å². The summed E-state index contributed by atoms with van der Waals surface area (Å²) >= 11 is 5.14. The molecule has 0 radical (unpaired) electrons. The molecule has 0 spiro atoms. The van der Waals surface area contributed by atoms with Crippen molar-refractivity contribution >= 4 is 39.0 Å². The molecule has 1 aliphatic carbocycles. The lowest BCUT2D eigenvalue weighted by Gasteiger charge is -2.25. The maximum absolute atomic E-state index is 12.8. The largest absolute Gasteiger partial charge is 0.490 e. The first-order valence-electron chi connectivity index (χ1n) is 8.42. The summed E-state index contributed by atoms with van der Waals surface area (Å²) in [5.74, 6) is 0.786. The first-order valence-corrected chi connectivity index (χ1v) is 10.1. The molecule has 2 aliphatic rings. The van der Waals surface area contributed by atoms with E-state index in [9.17, 15) is 9.59 Å². The zero-order chi connectivity index (χ0) is 17.4. The van der Waals surface area contributed by atoms with E-state index < -0.39 is 0 Å². The smallest absolute Gasteiger partial charge is 0.223 e. The van der Waals surface area contributed by atoms with Crippen molar-refractivity contribution in [2.24, 2.45) is 5.92 Å². The Bertz CT molecular complexity index is 832. The van der Waals surface area contributed by atoms with Gasteiger partial charge in [-0.05, 0) is 46.3 Å². The number of aryl methyl sites for hydroxylation is 1. The standard InChI is InChI=1S/C19H18BrNO3S/c20-15-3-1-2-13-11-21(7-8-24-19(13)15)17(22)10-12-4-5-16-14(18(12)23)6-9-25-16/h1-3,6,9,12H,4-5,7-8,10-11H2. The number of ether oxygens (including phenoxy) is 1. The van der Waals surface area contributed by atoms with Crippen molar-refractivity contribution < 1.29 is 14.3 Å². The third kappa shape index (κ3) is 3.25. The second-order valence-electron chi connectivity index (χ2n) is 6.45. The van der Waals surface area contributed by atoms with Gasteiger partial charge in [0.25, 0.3) is 0 Å². The van der Waals surface area contributed by atoms with E-state index >= 15 is 0 Å². The van der Waals surface area contributed by atoms with Crippen LogP contribution in [0.4, 0.5) is 0 Å². The van der Waals surface area contributed by atoms with Gasteiger partial charge >= 0.3 is 0 Å². The number of amides is 1. The fourth-order valence-corrected chi connectivity index (χ4v) is 4.96. The molecular weight excluding hydrogens is 402 g/mol. The average Bonchev–Trinajstić information content (AvgIpc) is 2.97. The first kappa shape index (κ1) is 16.8. The van der Waals surface area contributed by atoms with E-state index in [1.807, 2.05) is 34.5 Å². The molecule has 1 unspecified atom stereocenters. The Morgan fingerprint density at radius 3 is 3.12 bits per heavy atom. The fourth-order valence-electron chi connectivity index (χ4n) is 3.54. The van der Waals surface area contributed by atoms with Crippen LogP contribution in [-0.4, -0.2) is 29.7 Å². The Morgan fingerprint density at radius 2 is 2.24 bits per heavy atom. The molecule has 4 rings (SSSR count). The maximum Gasteiger partial charge on any atom is 0.223 e. The summed E-state index contributed by atoms with van der Waals surface area (Å²) in [5, 5.41) is 1.97. The quantitative estimate of drug-likeness (QED) is 0.736. The van der Waals surface area contributed by atoms with Crippen molar-refractivity contribution in [2.45, 2.75) is 25.8 Å². The minimum atomic E-state index is -0.194. The van der Waals surface area contributed by atoms with Crippen LogP contribution in [0.2, 0.25) is 0 Å². The number of carbonyl (C=O) groups is 2. The number of fused-ring (bicyclic) bond motifs is 2. The average molecular weight is 420 g/mol. The molecule has 1 aromatic heterocycles. The number of halogens is 1. The third-order valence-corrected chi connectivity index (χ3v) is 6.50. The molecular formula is C19H18BrNO3S. The molecule has 6 heteroatoms. The second kappa shape index (κ2) is 6.92. The van der Waals surface area contributed by atoms with E-state index in [1.165, 1.54) is 0 Å². The van der Waals surface area contributed by atoms with Gasteiger partial charge in [-0.3, -0.25) is 9.59 Å². The van der Waals surface area contributed by atoms with Crippen molar-refractivity contribution in [2.75, 3.05) is 13.2 Å². The van der Waals surface area contributed by atoms with Gasteiger partial charge in [0.2, 0.25) is 5.91 Å². The highest BCUT2D eigenvalue weighted by atomic mass is 79.9. The predicted molar refractivity (Wildman–Crippen MR) is 100 cm³/mol. The normalized spacial score (nSPS) is 19.6. The molecule has 1 aromatic carbocycles. The topological polar surface area (TPSA) is 46.6 Å². The van der Waals surface area contributed by atoms with Crippen LogP contribution in [0.3, 0.4) is 0 Å². The number of nitrogens with zero attached hydrogens (tertiary/aromatic N) is 1. The molecule has 2 aromatic rings. The Labute approximate surface area is 158 Å². The molecule has 1 aliphatic heterocycles. The summed E-state index contributed by atoms with van der Waals surface area (Å²) < 4.78 is 6.71. The molecule has 1 amide bonds. The van der Waals surface area contributed by atoms with Crippen molar-refractivity contribution in [3.63, 3.8) is 0 Å². The highest BCUT2D eigenvalue weighted by Crippen LogP contribution is 2.33. The SMILES string of the molecule is O=C1c2ccsc2CCC1CC(=O)N1CCOc2c(Br)cccc2C1. The molecule has 130 valence electrons. The highest BCUT2D eigenvalue weighted by Gasteiger charge is 2.31. The zero-order valence-corrected chi connectivity index (χ0v) is 16.1. The number of carbonyl (C=O) groups excluding carboxylic acids is 2. The van der Waals surface area contributed by atoms with Gasteiger partial charge in [0, 0.05) is 34.9 Å². The van der Waals surface area contributed by atoms with Crippen LogP contribution in [0.15, 0.2) is 34.1 Å². The van der Waals surface area contributed by atoms with Crippen LogP contribution in [0, 0.1) is 5.92 Å². The van der Waals surface area contributed by atoms with E-state index in [4.69, 9.17) is 4.74 Å². The van der Waals surface area contributed by atoms with E-state index in [1.54, 1.807) is 11.3 Å². The minimum Gasteiger partial charge on any atom is -0.490 e. The lowest BCUT2D eigenvalue weighted by atomic mass is 9.85. The molecule has 2 heterocycles. The Morgan fingerprint density at radius 1 is 1.36 bits per heavy atom. The molecule has 1 atom stereocenters. The number of hydrogen-bond donors (Lipinski definition) is 0. The number of hydrogen-bond acceptors (Lipinski definition) is 4. The molecule has 0 fully saturated rings. The highest BCUT2D eigenvalue weighted by molar-refractivity contribution is 9.10. The van der Waals surface area contributed by atoms with Gasteiger partial charge < -0.3 is 9.64 Å². The predicted octanol–water partition coefficient (Wildman–Crippen LogP) is 4.07. The summed E-state index contributed by atoms with van der Waals surface area (Å²) in [4.78, 5) is 28.4. The summed E-state index contributed by atoms with van der Waals surface area (Å²) in [5.41, 5.74) is 1.82. The van der Waals surface area contributed by atoms with Crippen LogP contribution in [0.1, 0.15) is 33.6 Å². The van der Waals surface area contributed by atoms with E-state index in [-0.39, 0.29) is 24.0 Å². The van der Waals surface area contributed by atoms with E-state index in [0.29, 0.717) is 19.7 Å². The minimum absolute atomic E-state index is 0.0356. The Kier molecular flexibility index (Phi) is 4.65. The molecule has 0 bridgehead atoms. The van der Waals surface area contributed by atoms with Crippen molar-refractivity contribution in [3.05, 3.63) is 50.1 Å². The number of para-hydroxylation sites is 1. The van der Waals surface area contributed by atoms with Crippen LogP contribution >= 0.6 is 27.3 Å². The fraction of sp³-hybridized carbons (Fsp3) is 0.368. The molecule has 0 saturated heterocycles. The van der Waals surface area contributed by atoms with Gasteiger partial charge in [-0.15, -0.1) is 11.3 Å². The van der Waals surface area contributed by atoms with E-state index in [2.05, 4.69) is 15.9 Å². The van der Waals surface area contributed by atoms with E-state index in [0.717, 1.165) is 39.1 Å². The number of benzene rings is 1. The second-order valence-corrected chi connectivity index (χ2v) is 8.31. The summed E-state index contributed by atoms with van der Waals surface area (Å²) in [6, 6.07) is 7.76. The van der Waals surface area contributed by atoms with Gasteiger partial charge in [0.1, 0.15) is 12.4 Å². The zero-order valence-electron chi connectivity index (χ0n) is 13.7. The monoisotopic (exact) mass is 419 g/mol. The van der Waals surface area contributed by atoms with Crippen LogP contribution in [0.25, 0.3) is 0 Å². The lowest BCUT2D eigenvalue weighted by molar-refractivity contribution is -0.132. The number of ketones is 1. The Balaban J connectivity index is 1.47. The van der Waals surface area contributed by atoms with Crippen molar-refractivity contribution in [3.8, 4) is 5.75 Å². The van der Waals surface area contributed by atoms with Gasteiger partial charge in [-0.2, -0.15) is 0 Å². The summed E-state index contributed by atoms with van der Waals surface area (Å²) in [6.45, 7) is 1.54. The van der Waals surface area contributed by atoms with Gasteiger partial charge in [0.15, 0.2) is 5.78 Å². The van der Waals surface area contributed by atoms with Crippen LogP contribution < -0.4 is 4.74 Å². The third-order valence-electron chi connectivity index (χ3n) is 4.89. The molecule has 25 heavy (non-hydrogen) atoms. The summed E-state index contributed by atoms with van der Waals surface area (Å²) in [7, 11) is 0. The number of rotatable bonds is 2. The lowest BCUT2D eigenvalue weighted by Crippen LogP contribution is -2.35. The van der Waals surface area contributed by atoms with Crippen molar-refractivity contribution in [1.29, 1.82) is 0 Å². The Hall–Kier alpha value is -1.66.